The molecule has 13 aromatic rings. The van der Waals surface area contributed by atoms with Crippen LogP contribution in [0.25, 0.3) is 110 Å². The van der Waals surface area contributed by atoms with E-state index in [2.05, 4.69) is 225 Å². The fraction of sp³-hybridized carbons (Fsp3) is 0. The van der Waals surface area contributed by atoms with Crippen LogP contribution in [-0.2, 0) is 0 Å². The van der Waals surface area contributed by atoms with Gasteiger partial charge in [-0.05, 0) is 72.8 Å². The summed E-state index contributed by atoms with van der Waals surface area (Å²) in [5.74, 6) is 0. The van der Waals surface area contributed by atoms with Crippen LogP contribution in [0.15, 0.2) is 206 Å². The summed E-state index contributed by atoms with van der Waals surface area (Å²) in [4.78, 5) is 0. The number of hydrogen-bond acceptors (Lipinski definition) is 0. The SMILES string of the molecule is c1ccc(-n2c3ccccc3c3c(-n4c5ccccc5c5c(-n6c7ccccc7c7ccc8c9ccccc9n(-c9ccccc9)c8c76)cccc54)cccc32)cc1. The summed E-state index contributed by atoms with van der Waals surface area (Å²) in [6, 6.07) is 75.4. The second-order valence-electron chi connectivity index (χ2n) is 15.3. The normalized spacial score (nSPS) is 12.1. The molecule has 0 aliphatic rings. The zero-order chi connectivity index (χ0) is 37.9. The van der Waals surface area contributed by atoms with Crippen molar-refractivity contribution in [3.63, 3.8) is 0 Å². The molecule has 270 valence electrons. The van der Waals surface area contributed by atoms with Crippen molar-refractivity contribution in [2.45, 2.75) is 0 Å². The van der Waals surface area contributed by atoms with Crippen molar-refractivity contribution in [3.8, 4) is 22.7 Å². The smallest absolute Gasteiger partial charge is 0.0789 e. The fourth-order valence-corrected chi connectivity index (χ4v) is 10.1. The molecule has 0 unspecified atom stereocenters. The van der Waals surface area contributed by atoms with E-state index in [0.29, 0.717) is 0 Å². The van der Waals surface area contributed by atoms with E-state index in [1.54, 1.807) is 0 Å². The third-order valence-corrected chi connectivity index (χ3v) is 12.3. The summed E-state index contributed by atoms with van der Waals surface area (Å²) >= 11 is 0. The molecule has 4 heteroatoms. The van der Waals surface area contributed by atoms with Gasteiger partial charge in [0.25, 0.3) is 0 Å². The Morgan fingerprint density at radius 3 is 1.12 bits per heavy atom. The number of hydrogen-bond donors (Lipinski definition) is 0. The lowest BCUT2D eigenvalue weighted by atomic mass is 10.1. The van der Waals surface area contributed by atoms with E-state index in [4.69, 9.17) is 0 Å². The molecule has 0 aliphatic heterocycles. The minimum Gasteiger partial charge on any atom is -0.309 e. The van der Waals surface area contributed by atoms with E-state index in [0.717, 1.165) is 17.1 Å². The van der Waals surface area contributed by atoms with E-state index < -0.39 is 0 Å². The molecular formula is C54H34N4. The Balaban J connectivity index is 1.20. The van der Waals surface area contributed by atoms with Crippen LogP contribution in [0, 0.1) is 0 Å². The highest BCUT2D eigenvalue weighted by molar-refractivity contribution is 6.25. The van der Waals surface area contributed by atoms with Crippen LogP contribution in [-0.4, -0.2) is 18.3 Å². The van der Waals surface area contributed by atoms with Crippen LogP contribution in [0.1, 0.15) is 0 Å². The average molecular weight is 739 g/mol. The lowest BCUT2D eigenvalue weighted by molar-refractivity contribution is 1.15. The lowest BCUT2D eigenvalue weighted by Gasteiger charge is -2.14. The summed E-state index contributed by atoms with van der Waals surface area (Å²) in [5.41, 5.74) is 14.2. The van der Waals surface area contributed by atoms with Gasteiger partial charge in [-0.3, -0.25) is 0 Å². The van der Waals surface area contributed by atoms with Crippen LogP contribution in [0.5, 0.6) is 0 Å². The van der Waals surface area contributed by atoms with Crippen molar-refractivity contribution in [3.05, 3.63) is 206 Å². The van der Waals surface area contributed by atoms with E-state index in [9.17, 15) is 0 Å². The maximum atomic E-state index is 2.55. The Labute approximate surface area is 333 Å². The quantitative estimate of drug-likeness (QED) is 0.171. The molecular weight excluding hydrogens is 705 g/mol. The van der Waals surface area contributed by atoms with Gasteiger partial charge in [-0.1, -0.05) is 133 Å². The van der Waals surface area contributed by atoms with Gasteiger partial charge in [-0.25, -0.2) is 0 Å². The summed E-state index contributed by atoms with van der Waals surface area (Å²) in [6.45, 7) is 0. The largest absolute Gasteiger partial charge is 0.309 e. The van der Waals surface area contributed by atoms with Crippen molar-refractivity contribution < 1.29 is 0 Å². The Bertz CT molecular complexity index is 3780. The summed E-state index contributed by atoms with van der Waals surface area (Å²) < 4.78 is 9.92. The molecule has 0 atom stereocenters. The first-order chi connectivity index (χ1) is 28.8. The highest BCUT2D eigenvalue weighted by atomic mass is 15.1. The molecule has 0 aliphatic carbocycles. The number of fused-ring (bicyclic) bond motifs is 13. The van der Waals surface area contributed by atoms with E-state index in [-0.39, 0.29) is 0 Å². The molecule has 0 fully saturated rings. The molecule has 4 aromatic heterocycles. The molecule has 0 spiro atoms. The van der Waals surface area contributed by atoms with Gasteiger partial charge in [0.2, 0.25) is 0 Å². The second-order valence-corrected chi connectivity index (χ2v) is 15.3. The molecule has 0 N–H and O–H groups in total. The minimum absolute atomic E-state index is 1.15. The van der Waals surface area contributed by atoms with E-state index >= 15 is 0 Å². The molecule has 4 heterocycles. The van der Waals surface area contributed by atoms with Crippen molar-refractivity contribution in [1.82, 2.24) is 18.3 Å². The summed E-state index contributed by atoms with van der Waals surface area (Å²) in [7, 11) is 0. The molecule has 9 aromatic carbocycles. The Kier molecular flexibility index (Phi) is 6.41. The Hall–Kier alpha value is -7.82. The van der Waals surface area contributed by atoms with Gasteiger partial charge in [0, 0.05) is 54.5 Å². The highest BCUT2D eigenvalue weighted by Gasteiger charge is 2.25. The van der Waals surface area contributed by atoms with Crippen LogP contribution < -0.4 is 0 Å². The molecule has 0 saturated carbocycles. The van der Waals surface area contributed by atoms with Gasteiger partial charge in [0.05, 0.1) is 55.5 Å². The first kappa shape index (κ1) is 31.4. The minimum atomic E-state index is 1.15. The molecule has 58 heavy (non-hydrogen) atoms. The van der Waals surface area contributed by atoms with Crippen molar-refractivity contribution >= 4 is 87.2 Å². The molecule has 0 bridgehead atoms. The van der Waals surface area contributed by atoms with Gasteiger partial charge < -0.3 is 18.3 Å². The van der Waals surface area contributed by atoms with E-state index in [1.165, 1.54) is 92.9 Å². The molecule has 4 nitrogen and oxygen atoms in total. The van der Waals surface area contributed by atoms with Crippen LogP contribution in [0.2, 0.25) is 0 Å². The van der Waals surface area contributed by atoms with E-state index in [1.807, 2.05) is 0 Å². The monoisotopic (exact) mass is 738 g/mol. The number of rotatable bonds is 4. The van der Waals surface area contributed by atoms with Crippen LogP contribution >= 0.6 is 0 Å². The molecule has 0 amide bonds. The highest BCUT2D eigenvalue weighted by Crippen LogP contribution is 2.45. The number of benzene rings is 9. The average Bonchev–Trinajstić information content (AvgIpc) is 4.02. The van der Waals surface area contributed by atoms with Gasteiger partial charge in [0.15, 0.2) is 0 Å². The van der Waals surface area contributed by atoms with Gasteiger partial charge >= 0.3 is 0 Å². The van der Waals surface area contributed by atoms with Crippen LogP contribution in [0.4, 0.5) is 0 Å². The maximum absolute atomic E-state index is 2.55. The third-order valence-electron chi connectivity index (χ3n) is 12.3. The topological polar surface area (TPSA) is 19.7 Å². The second kappa shape index (κ2) is 11.8. The standard InChI is InChI=1S/C54H34N4/c1-3-17-35(18-4-1)55-45-27-13-9-23-41(45)51-47(55)29-15-30-48(51)57-46-28-14-10-24-42(46)52-49(57)31-16-32-50(52)58-44-26-12-8-22-38(44)40-34-33-39-37-21-7-11-25-43(37)56(53(39)54(40)58)36-19-5-2-6-20-36/h1-34H. The van der Waals surface area contributed by atoms with Gasteiger partial charge in [0.1, 0.15) is 0 Å². The number of nitrogens with zero attached hydrogens (tertiary/aromatic N) is 4. The van der Waals surface area contributed by atoms with Gasteiger partial charge in [-0.2, -0.15) is 0 Å². The van der Waals surface area contributed by atoms with Gasteiger partial charge in [-0.15, -0.1) is 0 Å². The Morgan fingerprint density at radius 1 is 0.207 bits per heavy atom. The fourth-order valence-electron chi connectivity index (χ4n) is 10.1. The predicted molar refractivity (Wildman–Crippen MR) is 244 cm³/mol. The lowest BCUT2D eigenvalue weighted by Crippen LogP contribution is -2.00. The first-order valence-electron chi connectivity index (χ1n) is 20.0. The van der Waals surface area contributed by atoms with Crippen LogP contribution in [0.3, 0.4) is 0 Å². The third kappa shape index (κ3) is 4.13. The number of para-hydroxylation sites is 6. The van der Waals surface area contributed by atoms with Crippen molar-refractivity contribution in [2.24, 2.45) is 0 Å². The summed E-state index contributed by atoms with van der Waals surface area (Å²) in [6.07, 6.45) is 0. The zero-order valence-electron chi connectivity index (χ0n) is 31.4. The predicted octanol–water partition coefficient (Wildman–Crippen LogP) is 14.1. The van der Waals surface area contributed by atoms with Crippen molar-refractivity contribution in [1.29, 1.82) is 0 Å². The summed E-state index contributed by atoms with van der Waals surface area (Å²) in [5, 5.41) is 9.89. The first-order valence-corrected chi connectivity index (χ1v) is 20.0. The molecule has 0 radical (unpaired) electrons. The number of aromatic nitrogens is 4. The van der Waals surface area contributed by atoms with Crippen molar-refractivity contribution in [2.75, 3.05) is 0 Å². The molecule has 13 rings (SSSR count). The molecule has 0 saturated heterocycles. The Morgan fingerprint density at radius 2 is 0.569 bits per heavy atom. The zero-order valence-corrected chi connectivity index (χ0v) is 31.4. The maximum Gasteiger partial charge on any atom is 0.0789 e.